The van der Waals surface area contributed by atoms with Gasteiger partial charge in [0.15, 0.2) is 0 Å². The van der Waals surface area contributed by atoms with Gasteiger partial charge in [-0.3, -0.25) is 9.80 Å². The number of benzene rings is 2. The van der Waals surface area contributed by atoms with Crippen LogP contribution in [0.4, 0.5) is 5.69 Å². The number of nitrogens with two attached hydrogens (primary N) is 2. The summed E-state index contributed by atoms with van der Waals surface area (Å²) in [6.07, 6.45) is 1.84. The minimum absolute atomic E-state index is 0.139. The highest BCUT2D eigenvalue weighted by molar-refractivity contribution is 8.02. The summed E-state index contributed by atoms with van der Waals surface area (Å²) in [6.45, 7) is 0. The maximum atomic E-state index is 12.4. The molecule has 0 aromatic heterocycles. The third kappa shape index (κ3) is 3.45. The zero-order chi connectivity index (χ0) is 15.2. The van der Waals surface area contributed by atoms with Crippen molar-refractivity contribution in [1.29, 1.82) is 0 Å². The molecule has 0 saturated carbocycles. The van der Waals surface area contributed by atoms with Gasteiger partial charge in [-0.15, -0.1) is 11.8 Å². The van der Waals surface area contributed by atoms with E-state index in [4.69, 9.17) is 11.6 Å². The van der Waals surface area contributed by atoms with Crippen LogP contribution in [-0.4, -0.2) is 12.0 Å². The fourth-order valence-corrected chi connectivity index (χ4v) is 2.50. The Labute approximate surface area is 128 Å². The van der Waals surface area contributed by atoms with Gasteiger partial charge in [-0.25, -0.2) is 5.84 Å². The molecule has 0 bridgehead atoms. The number of carbonyl (C=O) groups is 1. The van der Waals surface area contributed by atoms with Gasteiger partial charge in [0, 0.05) is 5.56 Å². The molecule has 2 aromatic rings. The Bertz CT molecular complexity index is 641. The first-order valence-corrected chi connectivity index (χ1v) is 7.61. The third-order valence-corrected chi connectivity index (χ3v) is 3.76. The topological polar surface area (TPSA) is 72.4 Å². The molecule has 0 heterocycles. The average Bonchev–Trinajstić information content (AvgIpc) is 2.56. The molecule has 5 heteroatoms. The predicted octanol–water partition coefficient (Wildman–Crippen LogP) is 2.74. The third-order valence-electron chi connectivity index (χ3n) is 2.96. The fourth-order valence-electron chi connectivity index (χ4n) is 1.89. The standard InChI is InChI=1S/C16H17N3OS/c1-21-16(19(18)13-10-6-3-7-11-13)14(17)15(20)12-8-4-2-5-9-12/h2-11H,17-18H2,1H3/b16-14+. The number of rotatable bonds is 5. The van der Waals surface area contributed by atoms with Gasteiger partial charge in [-0.1, -0.05) is 48.5 Å². The van der Waals surface area contributed by atoms with Crippen LogP contribution in [0.1, 0.15) is 10.4 Å². The molecule has 0 aliphatic rings. The second-order valence-corrected chi connectivity index (χ2v) is 5.12. The molecule has 0 radical (unpaired) electrons. The summed E-state index contributed by atoms with van der Waals surface area (Å²) in [4.78, 5) is 12.4. The summed E-state index contributed by atoms with van der Waals surface area (Å²) >= 11 is 1.34. The van der Waals surface area contributed by atoms with Crippen molar-refractivity contribution in [3.05, 3.63) is 77.0 Å². The summed E-state index contributed by atoms with van der Waals surface area (Å²) < 4.78 is 0. The van der Waals surface area contributed by atoms with Crippen LogP contribution in [0.25, 0.3) is 0 Å². The molecule has 0 aliphatic heterocycles. The van der Waals surface area contributed by atoms with Crippen LogP contribution in [0, 0.1) is 0 Å². The van der Waals surface area contributed by atoms with Gasteiger partial charge in [0.25, 0.3) is 0 Å². The molecule has 0 saturated heterocycles. The van der Waals surface area contributed by atoms with Gasteiger partial charge in [0.2, 0.25) is 5.78 Å². The second-order valence-electron chi connectivity index (χ2n) is 4.32. The molecule has 2 rings (SSSR count). The van der Waals surface area contributed by atoms with E-state index in [9.17, 15) is 4.79 Å². The first-order valence-electron chi connectivity index (χ1n) is 6.38. The van der Waals surface area contributed by atoms with Crippen molar-refractivity contribution in [1.82, 2.24) is 0 Å². The highest BCUT2D eigenvalue weighted by atomic mass is 32.2. The van der Waals surface area contributed by atoms with Crippen molar-refractivity contribution in [3.63, 3.8) is 0 Å². The zero-order valence-electron chi connectivity index (χ0n) is 11.7. The minimum Gasteiger partial charge on any atom is -0.393 e. The Morgan fingerprint density at radius 2 is 1.52 bits per heavy atom. The molecule has 0 unspecified atom stereocenters. The number of Topliss-reactive ketones (excluding diaryl/α,β-unsaturated/α-hetero) is 1. The van der Waals surface area contributed by atoms with Crippen molar-refractivity contribution < 1.29 is 4.79 Å². The lowest BCUT2D eigenvalue weighted by molar-refractivity contribution is 0.103. The first kappa shape index (κ1) is 15.2. The molecule has 4 nitrogen and oxygen atoms in total. The summed E-state index contributed by atoms with van der Waals surface area (Å²) in [7, 11) is 0. The summed E-state index contributed by atoms with van der Waals surface area (Å²) in [5.41, 5.74) is 7.48. The second kappa shape index (κ2) is 6.97. The van der Waals surface area contributed by atoms with Crippen LogP contribution in [0.5, 0.6) is 0 Å². The number of nitrogens with zero attached hydrogens (tertiary/aromatic N) is 1. The Hall–Kier alpha value is -2.24. The SMILES string of the molecule is CS/C(=C(/N)C(=O)c1ccccc1)N(N)c1ccccc1. The number of hydrogen-bond donors (Lipinski definition) is 2. The number of hydrogen-bond acceptors (Lipinski definition) is 5. The number of anilines is 1. The fraction of sp³-hybridized carbons (Fsp3) is 0.0625. The molecule has 0 spiro atoms. The molecule has 0 amide bonds. The monoisotopic (exact) mass is 299 g/mol. The first-order chi connectivity index (χ1) is 10.1. The lowest BCUT2D eigenvalue weighted by Gasteiger charge is -2.22. The number of para-hydroxylation sites is 1. The van der Waals surface area contributed by atoms with E-state index in [0.717, 1.165) is 5.69 Å². The highest BCUT2D eigenvalue weighted by Gasteiger charge is 2.18. The number of allylic oxidation sites excluding steroid dienone is 1. The summed E-state index contributed by atoms with van der Waals surface area (Å²) in [5.74, 6) is 5.86. The number of carbonyl (C=O) groups excluding carboxylic acids is 1. The Morgan fingerprint density at radius 1 is 1.00 bits per heavy atom. The summed E-state index contributed by atoms with van der Waals surface area (Å²) in [5, 5.41) is 1.95. The smallest absolute Gasteiger partial charge is 0.211 e. The molecule has 4 N–H and O–H groups in total. The van der Waals surface area contributed by atoms with Crippen LogP contribution in [0.15, 0.2) is 71.4 Å². The molecule has 0 atom stereocenters. The normalized spacial score (nSPS) is 11.7. The maximum Gasteiger partial charge on any atom is 0.211 e. The van der Waals surface area contributed by atoms with Crippen molar-refractivity contribution in [3.8, 4) is 0 Å². The molecule has 21 heavy (non-hydrogen) atoms. The quantitative estimate of drug-likeness (QED) is 0.384. The van der Waals surface area contributed by atoms with Gasteiger partial charge in [0.05, 0.1) is 5.69 Å². The molecule has 108 valence electrons. The van der Waals surface area contributed by atoms with E-state index in [1.807, 2.05) is 42.7 Å². The van der Waals surface area contributed by atoms with E-state index in [1.165, 1.54) is 16.8 Å². The van der Waals surface area contributed by atoms with Crippen molar-refractivity contribution in [2.24, 2.45) is 11.6 Å². The Morgan fingerprint density at radius 3 is 2.05 bits per heavy atom. The minimum atomic E-state index is -0.230. The van der Waals surface area contributed by atoms with Crippen molar-refractivity contribution in [2.45, 2.75) is 0 Å². The number of thioether (sulfide) groups is 1. The van der Waals surface area contributed by atoms with Crippen molar-refractivity contribution in [2.75, 3.05) is 11.3 Å². The van der Waals surface area contributed by atoms with Crippen LogP contribution in [0.2, 0.25) is 0 Å². The lowest BCUT2D eigenvalue weighted by Crippen LogP contribution is -2.32. The number of hydrazine groups is 1. The Balaban J connectivity index is 2.36. The van der Waals surface area contributed by atoms with Crippen LogP contribution >= 0.6 is 11.8 Å². The molecule has 0 fully saturated rings. The van der Waals surface area contributed by atoms with E-state index in [0.29, 0.717) is 10.6 Å². The molecule has 0 aliphatic carbocycles. The summed E-state index contributed by atoms with van der Waals surface area (Å²) in [6, 6.07) is 18.3. The predicted molar refractivity (Wildman–Crippen MR) is 88.6 cm³/mol. The van der Waals surface area contributed by atoms with E-state index >= 15 is 0 Å². The van der Waals surface area contributed by atoms with Gasteiger partial charge >= 0.3 is 0 Å². The molecular weight excluding hydrogens is 282 g/mol. The van der Waals surface area contributed by atoms with Gasteiger partial charge in [0.1, 0.15) is 10.7 Å². The van der Waals surface area contributed by atoms with E-state index < -0.39 is 0 Å². The van der Waals surface area contributed by atoms with Crippen LogP contribution < -0.4 is 16.6 Å². The zero-order valence-corrected chi connectivity index (χ0v) is 12.5. The van der Waals surface area contributed by atoms with E-state index in [-0.39, 0.29) is 11.5 Å². The van der Waals surface area contributed by atoms with Gasteiger partial charge in [-0.05, 0) is 18.4 Å². The van der Waals surface area contributed by atoms with E-state index in [1.54, 1.807) is 24.3 Å². The van der Waals surface area contributed by atoms with Crippen LogP contribution in [-0.2, 0) is 0 Å². The highest BCUT2D eigenvalue weighted by Crippen LogP contribution is 2.24. The number of ketones is 1. The largest absolute Gasteiger partial charge is 0.393 e. The van der Waals surface area contributed by atoms with Gasteiger partial charge < -0.3 is 5.73 Å². The lowest BCUT2D eigenvalue weighted by atomic mass is 10.1. The van der Waals surface area contributed by atoms with Gasteiger partial charge in [-0.2, -0.15) is 0 Å². The maximum absolute atomic E-state index is 12.4. The average molecular weight is 299 g/mol. The Kier molecular flexibility index (Phi) is 5.03. The van der Waals surface area contributed by atoms with E-state index in [2.05, 4.69) is 0 Å². The van der Waals surface area contributed by atoms with Crippen molar-refractivity contribution >= 4 is 23.2 Å². The van der Waals surface area contributed by atoms with Crippen LogP contribution in [0.3, 0.4) is 0 Å². The molecule has 2 aromatic carbocycles. The molecular formula is C16H17N3OS.